The molecule has 2 unspecified atom stereocenters. The molecule has 13 heteroatoms. The second-order valence-electron chi connectivity index (χ2n) is 10.6. The number of esters is 1. The Morgan fingerprint density at radius 1 is 1.02 bits per heavy atom. The van der Waals surface area contributed by atoms with Crippen molar-refractivity contribution < 1.29 is 42.4 Å². The normalized spacial score (nSPS) is 13.6. The molecule has 2 atom stereocenters. The predicted octanol–water partition coefficient (Wildman–Crippen LogP) is 5.78. The van der Waals surface area contributed by atoms with Gasteiger partial charge in [-0.3, -0.25) is 4.99 Å². The molecule has 1 aliphatic rings. The Morgan fingerprint density at radius 3 is 2.44 bits per heavy atom. The molecule has 0 fully saturated rings. The summed E-state index contributed by atoms with van der Waals surface area (Å²) in [5.74, 6) is -5.81. The zero-order valence-corrected chi connectivity index (χ0v) is 26.4. The van der Waals surface area contributed by atoms with Crippen LogP contribution in [0.2, 0.25) is 0 Å². The molecule has 0 radical (unpaired) electrons. The first-order valence-electron chi connectivity index (χ1n) is 15.0. The van der Waals surface area contributed by atoms with Crippen molar-refractivity contribution in [2.45, 2.75) is 32.7 Å². The largest absolute Gasteiger partial charge is 0.485 e. The van der Waals surface area contributed by atoms with E-state index < -0.39 is 47.3 Å². The van der Waals surface area contributed by atoms with Gasteiger partial charge in [0.25, 0.3) is 11.8 Å². The molecule has 248 valence electrons. The van der Waals surface area contributed by atoms with E-state index in [1.807, 2.05) is 48.3 Å². The van der Waals surface area contributed by atoms with E-state index in [4.69, 9.17) is 23.7 Å². The average molecular weight is 659 g/mol. The minimum Gasteiger partial charge on any atom is -0.485 e. The van der Waals surface area contributed by atoms with E-state index in [1.165, 1.54) is 38.1 Å². The summed E-state index contributed by atoms with van der Waals surface area (Å²) in [4.78, 5) is 23.0. The molecule has 0 spiro atoms. The first-order chi connectivity index (χ1) is 23.2. The zero-order chi connectivity index (χ0) is 34.2. The quantitative estimate of drug-likeness (QED) is 0.176. The fourth-order valence-electron chi connectivity index (χ4n) is 4.69. The molecule has 0 bridgehead atoms. The van der Waals surface area contributed by atoms with Crippen LogP contribution in [0.3, 0.4) is 0 Å². The lowest BCUT2D eigenvalue weighted by atomic mass is 10.2. The maximum atomic E-state index is 16.1. The molecule has 5 rings (SSSR count). The number of aromatic nitrogens is 1. The number of aliphatic hydroxyl groups is 1. The number of ether oxygens (including phenoxy) is 5. The van der Waals surface area contributed by atoms with Crippen molar-refractivity contribution in [3.05, 3.63) is 101 Å². The van der Waals surface area contributed by atoms with Gasteiger partial charge in [0.2, 0.25) is 23.5 Å². The number of pyridine rings is 1. The molecular formula is C35H32F2N4O7. The third-order valence-corrected chi connectivity index (χ3v) is 7.06. The molecule has 0 amide bonds. The molecule has 0 saturated carbocycles. The van der Waals surface area contributed by atoms with Gasteiger partial charge in [-0.1, -0.05) is 42.5 Å². The third kappa shape index (κ3) is 7.79. The van der Waals surface area contributed by atoms with Gasteiger partial charge in [-0.2, -0.15) is 19.0 Å². The highest BCUT2D eigenvalue weighted by molar-refractivity contribution is 5.99. The highest BCUT2D eigenvalue weighted by Gasteiger charge is 2.33. The maximum Gasteiger partial charge on any atom is 0.350 e. The van der Waals surface area contributed by atoms with Crippen molar-refractivity contribution in [2.24, 2.45) is 4.99 Å². The summed E-state index contributed by atoms with van der Waals surface area (Å²) in [6.45, 7) is 4.10. The van der Waals surface area contributed by atoms with Gasteiger partial charge in [0.1, 0.15) is 18.2 Å². The van der Waals surface area contributed by atoms with Crippen LogP contribution < -0.4 is 18.9 Å². The fourth-order valence-corrected chi connectivity index (χ4v) is 4.69. The summed E-state index contributed by atoms with van der Waals surface area (Å²) >= 11 is 0. The number of carbonyl (C=O) groups excluding carboxylic acids is 1. The Labute approximate surface area is 275 Å². The Morgan fingerprint density at radius 2 is 1.77 bits per heavy atom. The first kappa shape index (κ1) is 33.6. The molecule has 4 aromatic rings. The van der Waals surface area contributed by atoms with Crippen molar-refractivity contribution in [3.63, 3.8) is 0 Å². The Balaban J connectivity index is 1.56. The van der Waals surface area contributed by atoms with Crippen LogP contribution in [0.4, 0.5) is 8.78 Å². The van der Waals surface area contributed by atoms with Gasteiger partial charge in [0.05, 0.1) is 30.9 Å². The molecule has 0 saturated heterocycles. The van der Waals surface area contributed by atoms with E-state index in [9.17, 15) is 15.2 Å². The molecule has 3 aromatic carbocycles. The van der Waals surface area contributed by atoms with Gasteiger partial charge in [-0.05, 0) is 43.7 Å². The van der Waals surface area contributed by atoms with Gasteiger partial charge in [0, 0.05) is 25.2 Å². The monoisotopic (exact) mass is 658 g/mol. The molecule has 1 aliphatic heterocycles. The highest BCUT2D eigenvalue weighted by atomic mass is 19.1. The Kier molecular flexibility index (Phi) is 10.7. The van der Waals surface area contributed by atoms with Gasteiger partial charge in [-0.25, -0.2) is 4.79 Å². The lowest BCUT2D eigenvalue weighted by Crippen LogP contribution is -2.39. The van der Waals surface area contributed by atoms with E-state index in [-0.39, 0.29) is 36.0 Å². The minimum absolute atomic E-state index is 0.0761. The van der Waals surface area contributed by atoms with E-state index in [0.717, 1.165) is 12.1 Å². The van der Waals surface area contributed by atoms with Gasteiger partial charge >= 0.3 is 5.97 Å². The number of rotatable bonds is 13. The number of nitrogens with zero attached hydrogens (tertiary/aromatic N) is 4. The van der Waals surface area contributed by atoms with Crippen LogP contribution in [0.15, 0.2) is 77.8 Å². The number of likely N-dealkylation sites (N-methyl/N-ethyl adjacent to an activating group) is 1. The Bertz CT molecular complexity index is 1850. The summed E-state index contributed by atoms with van der Waals surface area (Å²) in [6.07, 6.45) is -3.35. The second-order valence-corrected chi connectivity index (χ2v) is 10.6. The number of halogens is 2. The van der Waals surface area contributed by atoms with Crippen molar-refractivity contribution in [1.82, 2.24) is 9.88 Å². The standard InChI is InChI=1S/C35H32F2N4O7/c1-4-44-35(43)30(21(2)42)48-31-28(36)33(46-25-12-8-11-24(18-25)32-39-15-16-41(32)3)40-34(29(31)37)47-27-17-23(19-38)13-14-26(27)45-20-22-9-6-5-7-10-22/h5-14,17-18,21,30,42H,4,15-16,20H2,1-3H3. The molecule has 1 aromatic heterocycles. The first-order valence-corrected chi connectivity index (χ1v) is 15.0. The van der Waals surface area contributed by atoms with Crippen LogP contribution in [-0.2, 0) is 16.1 Å². The van der Waals surface area contributed by atoms with E-state index in [1.54, 1.807) is 18.2 Å². The molecule has 48 heavy (non-hydrogen) atoms. The van der Waals surface area contributed by atoms with Gasteiger partial charge < -0.3 is 33.7 Å². The number of carbonyl (C=O) groups is 1. The minimum atomic E-state index is -1.82. The van der Waals surface area contributed by atoms with Crippen LogP contribution in [0, 0.1) is 23.0 Å². The number of aliphatic hydroxyl groups excluding tert-OH is 1. The smallest absolute Gasteiger partial charge is 0.350 e. The summed E-state index contributed by atoms with van der Waals surface area (Å²) in [5, 5.41) is 19.8. The third-order valence-electron chi connectivity index (χ3n) is 7.06. The highest BCUT2D eigenvalue weighted by Crippen LogP contribution is 2.40. The summed E-state index contributed by atoms with van der Waals surface area (Å²) < 4.78 is 60.0. The summed E-state index contributed by atoms with van der Waals surface area (Å²) in [6, 6.07) is 22.0. The van der Waals surface area contributed by atoms with Crippen LogP contribution in [-0.4, -0.2) is 65.7 Å². The average Bonchev–Trinajstić information content (AvgIpc) is 3.52. The number of aliphatic imine (C=N–C) groups is 1. The van der Waals surface area contributed by atoms with Crippen molar-refractivity contribution >= 4 is 11.8 Å². The van der Waals surface area contributed by atoms with E-state index in [2.05, 4.69) is 9.98 Å². The molecule has 11 nitrogen and oxygen atoms in total. The Hall–Kier alpha value is -5.74. The van der Waals surface area contributed by atoms with Crippen LogP contribution in [0.25, 0.3) is 0 Å². The molecular weight excluding hydrogens is 626 g/mol. The van der Waals surface area contributed by atoms with Crippen LogP contribution >= 0.6 is 0 Å². The van der Waals surface area contributed by atoms with E-state index in [0.29, 0.717) is 17.9 Å². The second kappa shape index (κ2) is 15.2. The maximum absolute atomic E-state index is 16.1. The van der Waals surface area contributed by atoms with Crippen molar-refractivity contribution in [1.29, 1.82) is 5.26 Å². The van der Waals surface area contributed by atoms with Crippen LogP contribution in [0.1, 0.15) is 30.5 Å². The topological polar surface area (TPSA) is 136 Å². The van der Waals surface area contributed by atoms with Crippen molar-refractivity contribution in [2.75, 3.05) is 26.7 Å². The summed E-state index contributed by atoms with van der Waals surface area (Å²) in [5.41, 5.74) is 1.67. The number of amidine groups is 1. The fraction of sp³-hybridized carbons (Fsp3) is 0.257. The summed E-state index contributed by atoms with van der Waals surface area (Å²) in [7, 11) is 1.88. The molecule has 1 N–H and O–H groups in total. The number of hydrogen-bond donors (Lipinski definition) is 1. The number of benzene rings is 3. The van der Waals surface area contributed by atoms with Crippen LogP contribution in [0.5, 0.6) is 34.8 Å². The lowest BCUT2D eigenvalue weighted by molar-refractivity contribution is -0.156. The van der Waals surface area contributed by atoms with Crippen molar-refractivity contribution in [3.8, 4) is 40.8 Å². The predicted molar refractivity (Wildman–Crippen MR) is 169 cm³/mol. The number of hydrogen-bond acceptors (Lipinski definition) is 11. The lowest BCUT2D eigenvalue weighted by Gasteiger charge is -2.22. The zero-order valence-electron chi connectivity index (χ0n) is 26.4. The van der Waals surface area contributed by atoms with Gasteiger partial charge in [-0.15, -0.1) is 0 Å². The number of nitriles is 1. The SMILES string of the molecule is CCOC(=O)C(Oc1c(F)c(Oc2cccc(C3=NCCN3C)c2)nc(Oc2cc(C#N)ccc2OCc2ccccc2)c1F)C(C)O. The van der Waals surface area contributed by atoms with E-state index >= 15 is 8.78 Å². The van der Waals surface area contributed by atoms with Gasteiger partial charge in [0.15, 0.2) is 11.5 Å². The molecule has 0 aliphatic carbocycles. The molecule has 2 heterocycles.